The number of amides is 1. The Labute approximate surface area is 139 Å². The van der Waals surface area contributed by atoms with E-state index in [0.29, 0.717) is 13.0 Å². The summed E-state index contributed by atoms with van der Waals surface area (Å²) in [7, 11) is -1.77. The molecule has 1 amide bonds. The maximum atomic E-state index is 12.5. The fourth-order valence-corrected chi connectivity index (χ4v) is 3.11. The van der Waals surface area contributed by atoms with Crippen molar-refractivity contribution >= 4 is 14.2 Å². The maximum absolute atomic E-state index is 12.5. The van der Waals surface area contributed by atoms with Crippen molar-refractivity contribution in [3.8, 4) is 0 Å². The van der Waals surface area contributed by atoms with E-state index in [1.807, 2.05) is 18.7 Å². The summed E-state index contributed by atoms with van der Waals surface area (Å²) in [6.45, 7) is 24.3. The topological polar surface area (TPSA) is 29.5 Å². The van der Waals surface area contributed by atoms with Gasteiger partial charge in [0.25, 0.3) is 0 Å². The van der Waals surface area contributed by atoms with E-state index in [2.05, 4.69) is 54.6 Å². The van der Waals surface area contributed by atoms with Crippen LogP contribution in [-0.2, 0) is 9.22 Å². The van der Waals surface area contributed by atoms with Gasteiger partial charge in [-0.05, 0) is 43.3 Å². The second kappa shape index (κ2) is 7.96. The molecule has 0 unspecified atom stereocenters. The van der Waals surface area contributed by atoms with Crippen molar-refractivity contribution in [2.24, 2.45) is 11.3 Å². The second-order valence-electron chi connectivity index (χ2n) is 8.90. The maximum Gasteiger partial charge on any atom is 0.222 e. The number of rotatable bonds is 7. The molecule has 0 aromatic carbocycles. The summed E-state index contributed by atoms with van der Waals surface area (Å²) in [5.74, 6) is 0.512. The normalized spacial score (nSPS) is 14.8. The first-order valence-electron chi connectivity index (χ1n) is 8.68. The third kappa shape index (κ3) is 6.41. The standard InChI is InChI=1S/C18H39NO2Si/c1-11-19(12-2)16(20)13-15(17(3,4)5)14-21-22(9,10)18(6,7)8/h15H,11-14H2,1-10H3/t15-/m0/s1. The fourth-order valence-electron chi connectivity index (χ4n) is 2.06. The Morgan fingerprint density at radius 2 is 1.50 bits per heavy atom. The summed E-state index contributed by atoms with van der Waals surface area (Å²) >= 11 is 0. The Morgan fingerprint density at radius 3 is 1.82 bits per heavy atom. The van der Waals surface area contributed by atoms with Crippen molar-refractivity contribution in [3.63, 3.8) is 0 Å². The van der Waals surface area contributed by atoms with Gasteiger partial charge in [0.15, 0.2) is 8.32 Å². The number of hydrogen-bond donors (Lipinski definition) is 0. The lowest BCUT2D eigenvalue weighted by Crippen LogP contribution is -2.44. The minimum absolute atomic E-state index is 0.0746. The van der Waals surface area contributed by atoms with Crippen molar-refractivity contribution in [1.29, 1.82) is 0 Å². The van der Waals surface area contributed by atoms with Gasteiger partial charge in [-0.15, -0.1) is 0 Å². The van der Waals surface area contributed by atoms with Gasteiger partial charge in [-0.2, -0.15) is 0 Å². The van der Waals surface area contributed by atoms with Crippen molar-refractivity contribution in [2.75, 3.05) is 19.7 Å². The molecule has 0 aliphatic heterocycles. The second-order valence-corrected chi connectivity index (χ2v) is 13.7. The fraction of sp³-hybridized carbons (Fsp3) is 0.944. The van der Waals surface area contributed by atoms with Gasteiger partial charge in [-0.25, -0.2) is 0 Å². The van der Waals surface area contributed by atoms with Gasteiger partial charge in [-0.1, -0.05) is 41.5 Å². The molecule has 22 heavy (non-hydrogen) atoms. The monoisotopic (exact) mass is 329 g/mol. The lowest BCUT2D eigenvalue weighted by Gasteiger charge is -2.40. The molecule has 3 nitrogen and oxygen atoms in total. The largest absolute Gasteiger partial charge is 0.417 e. The quantitative estimate of drug-likeness (QED) is 0.620. The Bertz CT molecular complexity index is 349. The van der Waals surface area contributed by atoms with E-state index in [1.165, 1.54) is 0 Å². The van der Waals surface area contributed by atoms with E-state index in [4.69, 9.17) is 4.43 Å². The van der Waals surface area contributed by atoms with Crippen LogP contribution in [0.1, 0.15) is 61.8 Å². The van der Waals surface area contributed by atoms with Gasteiger partial charge < -0.3 is 9.33 Å². The number of carbonyl (C=O) groups excluding carboxylic acids is 1. The SMILES string of the molecule is CCN(CC)C(=O)C[C@@H](CO[Si](C)(C)C(C)(C)C)C(C)(C)C. The summed E-state index contributed by atoms with van der Waals surface area (Å²) in [5, 5.41) is 0.207. The summed E-state index contributed by atoms with van der Waals surface area (Å²) in [6, 6.07) is 0. The Kier molecular flexibility index (Phi) is 7.83. The minimum atomic E-state index is -1.77. The first-order valence-corrected chi connectivity index (χ1v) is 11.6. The van der Waals surface area contributed by atoms with Crippen LogP contribution >= 0.6 is 0 Å². The molecule has 0 saturated heterocycles. The van der Waals surface area contributed by atoms with Crippen LogP contribution in [0.25, 0.3) is 0 Å². The molecule has 0 radical (unpaired) electrons. The van der Waals surface area contributed by atoms with E-state index < -0.39 is 8.32 Å². The molecule has 0 rings (SSSR count). The first kappa shape index (κ1) is 21.6. The van der Waals surface area contributed by atoms with Crippen LogP contribution in [0.4, 0.5) is 0 Å². The van der Waals surface area contributed by atoms with Crippen LogP contribution in [-0.4, -0.2) is 38.8 Å². The highest BCUT2D eigenvalue weighted by atomic mass is 28.4. The molecule has 0 aliphatic rings. The smallest absolute Gasteiger partial charge is 0.222 e. The predicted molar refractivity (Wildman–Crippen MR) is 98.6 cm³/mol. The minimum Gasteiger partial charge on any atom is -0.417 e. The molecular formula is C18H39NO2Si. The summed E-state index contributed by atoms with van der Waals surface area (Å²) < 4.78 is 6.40. The third-order valence-electron chi connectivity index (χ3n) is 5.21. The summed E-state index contributed by atoms with van der Waals surface area (Å²) in [5.41, 5.74) is 0.0746. The number of carbonyl (C=O) groups is 1. The zero-order valence-electron chi connectivity index (χ0n) is 16.7. The molecular weight excluding hydrogens is 290 g/mol. The predicted octanol–water partition coefficient (Wildman–Crippen LogP) is 4.93. The molecule has 132 valence electrons. The van der Waals surface area contributed by atoms with Crippen molar-refractivity contribution < 1.29 is 9.22 Å². The van der Waals surface area contributed by atoms with E-state index >= 15 is 0 Å². The summed E-state index contributed by atoms with van der Waals surface area (Å²) in [6.07, 6.45) is 0.583. The molecule has 0 saturated carbocycles. The zero-order chi connectivity index (χ0) is 17.8. The highest BCUT2D eigenvalue weighted by Crippen LogP contribution is 2.38. The molecule has 0 N–H and O–H groups in total. The van der Waals surface area contributed by atoms with E-state index in [0.717, 1.165) is 13.1 Å². The third-order valence-corrected chi connectivity index (χ3v) is 9.71. The highest BCUT2D eigenvalue weighted by molar-refractivity contribution is 6.74. The van der Waals surface area contributed by atoms with Gasteiger partial charge in [0.05, 0.1) is 0 Å². The molecule has 1 atom stereocenters. The van der Waals surface area contributed by atoms with E-state index in [1.54, 1.807) is 0 Å². The average molecular weight is 330 g/mol. The van der Waals surface area contributed by atoms with Crippen LogP contribution in [0, 0.1) is 11.3 Å². The zero-order valence-corrected chi connectivity index (χ0v) is 17.7. The lowest BCUT2D eigenvalue weighted by molar-refractivity contribution is -0.133. The van der Waals surface area contributed by atoms with Gasteiger partial charge in [0, 0.05) is 26.1 Å². The van der Waals surface area contributed by atoms with E-state index in [9.17, 15) is 4.79 Å². The van der Waals surface area contributed by atoms with Crippen molar-refractivity contribution in [1.82, 2.24) is 4.90 Å². The molecule has 0 spiro atoms. The van der Waals surface area contributed by atoms with Crippen molar-refractivity contribution in [2.45, 2.75) is 79.9 Å². The van der Waals surface area contributed by atoms with Crippen LogP contribution in [0.5, 0.6) is 0 Å². The van der Waals surface area contributed by atoms with Gasteiger partial charge in [-0.3, -0.25) is 4.79 Å². The summed E-state index contributed by atoms with van der Waals surface area (Å²) in [4.78, 5) is 14.4. The molecule has 0 aliphatic carbocycles. The molecule has 0 aromatic rings. The van der Waals surface area contributed by atoms with Gasteiger partial charge >= 0.3 is 0 Å². The molecule has 4 heteroatoms. The van der Waals surface area contributed by atoms with Crippen LogP contribution in [0.15, 0.2) is 0 Å². The number of nitrogens with zero attached hydrogens (tertiary/aromatic N) is 1. The first-order chi connectivity index (χ1) is 9.76. The molecule has 0 fully saturated rings. The Balaban J connectivity index is 4.93. The average Bonchev–Trinajstić information content (AvgIpc) is 2.33. The van der Waals surface area contributed by atoms with Crippen LogP contribution in [0.3, 0.4) is 0 Å². The Hall–Kier alpha value is -0.353. The molecule has 0 heterocycles. The number of hydrogen-bond acceptors (Lipinski definition) is 2. The lowest BCUT2D eigenvalue weighted by atomic mass is 9.79. The molecule has 0 aromatic heterocycles. The van der Waals surface area contributed by atoms with Crippen LogP contribution < -0.4 is 0 Å². The highest BCUT2D eigenvalue weighted by Gasteiger charge is 2.39. The van der Waals surface area contributed by atoms with Gasteiger partial charge in [0.1, 0.15) is 0 Å². The van der Waals surface area contributed by atoms with Crippen molar-refractivity contribution in [3.05, 3.63) is 0 Å². The Morgan fingerprint density at radius 1 is 1.05 bits per heavy atom. The van der Waals surface area contributed by atoms with Gasteiger partial charge in [0.2, 0.25) is 5.91 Å². The molecule has 0 bridgehead atoms. The van der Waals surface area contributed by atoms with E-state index in [-0.39, 0.29) is 22.3 Å². The van der Waals surface area contributed by atoms with Crippen LogP contribution in [0.2, 0.25) is 18.1 Å².